The molecule has 0 atom stereocenters. The monoisotopic (exact) mass is 990 g/mol. The van der Waals surface area contributed by atoms with Crippen LogP contribution in [0.15, 0.2) is 0 Å². The van der Waals surface area contributed by atoms with Crippen molar-refractivity contribution in [2.45, 2.75) is 101 Å². The Morgan fingerprint density at radius 1 is 0.203 bits per heavy atom. The smallest absolute Gasteiger partial charge is 0.373 e. The fraction of sp³-hybridized carbons (Fsp3) is 1.00. The van der Waals surface area contributed by atoms with E-state index < -0.39 is 109 Å². The molecule has 0 spiro atoms. The zero-order chi connectivity index (χ0) is 49.1. The first-order valence-corrected chi connectivity index (χ1v) is 14.4. The van der Waals surface area contributed by atoms with Crippen LogP contribution in [-0.2, 0) is 13.3 Å². The van der Waals surface area contributed by atoms with E-state index in [0.29, 0.717) is 0 Å². The van der Waals surface area contributed by atoms with Gasteiger partial charge in [-0.25, -0.2) is 0 Å². The van der Waals surface area contributed by atoms with Crippen LogP contribution in [0.25, 0.3) is 0 Å². The summed E-state index contributed by atoms with van der Waals surface area (Å²) in [6, 6.07) is 0. The van der Waals surface area contributed by atoms with E-state index in [1.807, 2.05) is 0 Å². The van der Waals surface area contributed by atoms with E-state index in [1.54, 1.807) is 0 Å². The Bertz CT molecular complexity index is 1410. The molecule has 0 aliphatic heterocycles. The third-order valence-electron chi connectivity index (χ3n) is 7.46. The Morgan fingerprint density at radius 2 is 0.322 bits per heavy atom. The van der Waals surface area contributed by atoms with E-state index in [4.69, 9.17) is 0 Å². The van der Waals surface area contributed by atoms with Crippen LogP contribution in [-0.4, -0.2) is 131 Å². The molecule has 0 aromatic rings. The average molecular weight is 990 g/mol. The zero-order valence-electron chi connectivity index (χ0n) is 26.5. The van der Waals surface area contributed by atoms with Crippen molar-refractivity contribution < 1.29 is 167 Å². The van der Waals surface area contributed by atoms with Gasteiger partial charge >= 0.3 is 109 Å². The van der Waals surface area contributed by atoms with E-state index >= 15 is 0 Å². The lowest BCUT2D eigenvalue weighted by molar-refractivity contribution is -0.492. The molecule has 0 fully saturated rings. The van der Waals surface area contributed by atoms with Crippen LogP contribution < -0.4 is 0 Å². The molecule has 0 bridgehead atoms. The maximum Gasteiger partial charge on any atom is 0.581 e. The van der Waals surface area contributed by atoms with Gasteiger partial charge in [0.15, 0.2) is 0 Å². The van der Waals surface area contributed by atoms with Gasteiger partial charge in [0.25, 0.3) is 0 Å². The third kappa shape index (κ3) is 6.28. The fourth-order valence-electron chi connectivity index (χ4n) is 3.77. The van der Waals surface area contributed by atoms with Crippen LogP contribution in [0, 0.1) is 0 Å². The van der Waals surface area contributed by atoms with Crippen molar-refractivity contribution >= 4 is 8.80 Å². The van der Waals surface area contributed by atoms with Crippen molar-refractivity contribution in [3.8, 4) is 0 Å². The molecule has 0 aliphatic rings. The molecule has 0 saturated carbocycles. The molecule has 0 aromatic carbocycles. The lowest BCUT2D eigenvalue weighted by Crippen LogP contribution is -2.81. The summed E-state index contributed by atoms with van der Waals surface area (Å²) in [7, 11) is -8.27. The summed E-state index contributed by atoms with van der Waals surface area (Å²) in [6.45, 7) is 0. The van der Waals surface area contributed by atoms with Gasteiger partial charge in [-0.05, 0) is 0 Å². The first kappa shape index (κ1) is 56.6. The minimum Gasteiger partial charge on any atom is -0.373 e. The van der Waals surface area contributed by atoms with Crippen molar-refractivity contribution in [2.24, 2.45) is 0 Å². The number of halogens is 35. The first-order chi connectivity index (χ1) is 24.9. The largest absolute Gasteiger partial charge is 0.581 e. The van der Waals surface area contributed by atoms with Crippen LogP contribution in [0.1, 0.15) is 0 Å². The molecule has 356 valence electrons. The Kier molecular flexibility index (Phi) is 13.5. The first-order valence-electron chi connectivity index (χ1n) is 12.7. The fourth-order valence-corrected chi connectivity index (χ4v) is 5.58. The summed E-state index contributed by atoms with van der Waals surface area (Å²) in [5.41, 5.74) is -7.50. The SMILES string of the molecule is CO[Si](OC)(OC)C(F)(F)C(F)(F)C(F)(F)C(F)(F)C(F)(F)C(F)(F)C(F)(F)C(F)(F)C(F)(F)C(F)(F)C(F)(F)C(F)(F)C(F)(F)C(F)(F)C(F)(F)C(F)(F)C(F)(F)F. The zero-order valence-corrected chi connectivity index (χ0v) is 27.5. The highest BCUT2D eigenvalue weighted by Gasteiger charge is 3.03. The van der Waals surface area contributed by atoms with Crippen LogP contribution in [0.5, 0.6) is 0 Å². The van der Waals surface area contributed by atoms with E-state index in [-0.39, 0.29) is 21.3 Å². The van der Waals surface area contributed by atoms with Crippen molar-refractivity contribution in [2.75, 3.05) is 21.3 Å². The second-order valence-corrected chi connectivity index (χ2v) is 13.8. The van der Waals surface area contributed by atoms with Crippen molar-refractivity contribution in [1.82, 2.24) is 0 Å². The third-order valence-corrected chi connectivity index (χ3v) is 10.2. The highest BCUT2D eigenvalue weighted by molar-refractivity contribution is 6.63. The van der Waals surface area contributed by atoms with Gasteiger partial charge in [-0.2, -0.15) is 154 Å². The Labute approximate surface area is 299 Å². The van der Waals surface area contributed by atoms with Crippen molar-refractivity contribution in [3.63, 3.8) is 0 Å². The molecule has 0 aliphatic carbocycles. The van der Waals surface area contributed by atoms with Crippen LogP contribution >= 0.6 is 0 Å². The van der Waals surface area contributed by atoms with Crippen LogP contribution in [0.4, 0.5) is 154 Å². The number of hydrogen-bond donors (Lipinski definition) is 0. The molecule has 39 heteroatoms. The molecule has 0 aromatic heterocycles. The molecule has 0 rings (SSSR count). The van der Waals surface area contributed by atoms with Gasteiger partial charge < -0.3 is 13.3 Å². The molecule has 0 radical (unpaired) electrons. The summed E-state index contributed by atoms with van der Waals surface area (Å²) >= 11 is 0. The Hall–Kier alpha value is -2.35. The van der Waals surface area contributed by atoms with Crippen LogP contribution in [0.3, 0.4) is 0 Å². The molecule has 0 unspecified atom stereocenters. The molecule has 0 amide bonds. The predicted octanol–water partition coefficient (Wildman–Crippen LogP) is 11.1. The minimum atomic E-state index is -10.4. The van der Waals surface area contributed by atoms with Crippen LogP contribution in [0.2, 0.25) is 0 Å². The van der Waals surface area contributed by atoms with Crippen molar-refractivity contribution in [1.29, 1.82) is 0 Å². The summed E-state index contributed by atoms with van der Waals surface area (Å²) in [6.07, 6.45) is -8.44. The Balaban J connectivity index is 7.92. The van der Waals surface area contributed by atoms with Gasteiger partial charge in [-0.1, -0.05) is 0 Å². The lowest BCUT2D eigenvalue weighted by Gasteiger charge is -2.47. The highest BCUT2D eigenvalue weighted by atomic mass is 28.4. The molecule has 59 heavy (non-hydrogen) atoms. The predicted molar refractivity (Wildman–Crippen MR) is 112 cm³/mol. The minimum absolute atomic E-state index is 0.353. The maximum absolute atomic E-state index is 14.4. The van der Waals surface area contributed by atoms with Crippen molar-refractivity contribution in [3.05, 3.63) is 0 Å². The van der Waals surface area contributed by atoms with Gasteiger partial charge in [-0.3, -0.25) is 0 Å². The van der Waals surface area contributed by atoms with E-state index in [1.165, 1.54) is 0 Å². The van der Waals surface area contributed by atoms with Gasteiger partial charge in [0, 0.05) is 21.3 Å². The highest BCUT2D eigenvalue weighted by Crippen LogP contribution is 2.70. The normalized spacial score (nSPS) is 17.2. The summed E-state index contributed by atoms with van der Waals surface area (Å²) < 4.78 is 490. The van der Waals surface area contributed by atoms with E-state index in [0.717, 1.165) is 0 Å². The number of hydrogen-bond acceptors (Lipinski definition) is 3. The topological polar surface area (TPSA) is 27.7 Å². The van der Waals surface area contributed by atoms with Gasteiger partial charge in [0.1, 0.15) is 0 Å². The molecule has 3 nitrogen and oxygen atoms in total. The molecule has 0 heterocycles. The van der Waals surface area contributed by atoms with E-state index in [9.17, 15) is 154 Å². The molecular formula is C20H9F35O3Si. The van der Waals surface area contributed by atoms with Gasteiger partial charge in [0.2, 0.25) is 0 Å². The second kappa shape index (κ2) is 14.1. The van der Waals surface area contributed by atoms with E-state index in [2.05, 4.69) is 13.3 Å². The average Bonchev–Trinajstić information content (AvgIpc) is 3.03. The number of alkyl halides is 35. The van der Waals surface area contributed by atoms with Gasteiger partial charge in [-0.15, -0.1) is 0 Å². The lowest BCUT2D eigenvalue weighted by atomic mass is 9.82. The van der Waals surface area contributed by atoms with Gasteiger partial charge in [0.05, 0.1) is 0 Å². The maximum atomic E-state index is 14.4. The second-order valence-electron chi connectivity index (χ2n) is 10.9. The molecular weight excluding hydrogens is 981 g/mol. The summed E-state index contributed by atoms with van der Waals surface area (Å²) in [4.78, 5) is 0. The standard InChI is InChI=1S/C20H9F35O3Si/c1-56-59(57-2,58-3)20(54,55)18(49,50)16(45,46)14(41,42)12(37,38)10(33,34)8(29,30)6(25,26)4(21,22)5(23,24)7(27,28)9(31,32)11(35,36)13(39,40)15(43,44)17(47,48)19(51,52)53/h1-3H3. The quantitative estimate of drug-likeness (QED) is 0.0953. The summed E-state index contributed by atoms with van der Waals surface area (Å²) in [5, 5.41) is 0. The summed E-state index contributed by atoms with van der Waals surface area (Å²) in [5.74, 6) is -148. The number of rotatable bonds is 19. The molecule has 0 N–H and O–H groups in total. The Morgan fingerprint density at radius 3 is 0.441 bits per heavy atom. The molecule has 0 saturated heterocycles.